The molecule has 0 fully saturated rings. The molecule has 1 aromatic carbocycles. The average Bonchev–Trinajstić information content (AvgIpc) is 2.10. The second-order valence-corrected chi connectivity index (χ2v) is 3.89. The molecule has 0 spiro atoms. The van der Waals surface area contributed by atoms with E-state index in [4.69, 9.17) is 0 Å². The van der Waals surface area contributed by atoms with Crippen molar-refractivity contribution in [2.45, 2.75) is 12.8 Å². The van der Waals surface area contributed by atoms with Gasteiger partial charge < -0.3 is 5.32 Å². The van der Waals surface area contributed by atoms with Gasteiger partial charge in [0.25, 0.3) is 0 Å². The van der Waals surface area contributed by atoms with Crippen LogP contribution in [0.25, 0.3) is 0 Å². The minimum Gasteiger partial charge on any atom is -0.319 e. The van der Waals surface area contributed by atoms with E-state index in [2.05, 4.69) is 28.2 Å². The van der Waals surface area contributed by atoms with Gasteiger partial charge in [-0.25, -0.2) is 4.39 Å². The van der Waals surface area contributed by atoms with E-state index >= 15 is 0 Å². The van der Waals surface area contributed by atoms with E-state index in [-0.39, 0.29) is 5.82 Å². The fourth-order valence-electron chi connectivity index (χ4n) is 1.32. The topological polar surface area (TPSA) is 12.0 Å². The van der Waals surface area contributed by atoms with Crippen molar-refractivity contribution >= 4 is 15.9 Å². The van der Waals surface area contributed by atoms with Crippen molar-refractivity contribution in [3.8, 4) is 0 Å². The molecule has 1 atom stereocenters. The summed E-state index contributed by atoms with van der Waals surface area (Å²) in [5.41, 5.74) is 1.01. The van der Waals surface area contributed by atoms with E-state index in [1.54, 1.807) is 6.07 Å². The van der Waals surface area contributed by atoms with Crippen LogP contribution in [0.5, 0.6) is 0 Å². The van der Waals surface area contributed by atoms with Gasteiger partial charge in [0.15, 0.2) is 0 Å². The van der Waals surface area contributed by atoms with Crippen LogP contribution >= 0.6 is 15.9 Å². The first kappa shape index (κ1) is 10.7. The van der Waals surface area contributed by atoms with E-state index in [0.717, 1.165) is 12.1 Å². The first-order valence-electron chi connectivity index (χ1n) is 4.25. The third-order valence-corrected chi connectivity index (χ3v) is 2.86. The maximum absolute atomic E-state index is 13.1. The maximum Gasteiger partial charge on any atom is 0.137 e. The first-order chi connectivity index (χ1) is 6.16. The number of halogens is 2. The lowest BCUT2D eigenvalue weighted by atomic mass is 10.0. The van der Waals surface area contributed by atoms with Gasteiger partial charge in [0.1, 0.15) is 5.82 Å². The number of benzene rings is 1. The Morgan fingerprint density at radius 2 is 2.23 bits per heavy atom. The molecule has 1 unspecified atom stereocenters. The zero-order valence-electron chi connectivity index (χ0n) is 7.77. The number of hydrogen-bond donors (Lipinski definition) is 1. The smallest absolute Gasteiger partial charge is 0.137 e. The molecule has 1 N–H and O–H groups in total. The minimum absolute atomic E-state index is 0.194. The second-order valence-electron chi connectivity index (χ2n) is 3.10. The Labute approximate surface area is 86.5 Å². The van der Waals surface area contributed by atoms with Crippen molar-refractivity contribution in [3.63, 3.8) is 0 Å². The van der Waals surface area contributed by atoms with Gasteiger partial charge in [-0.2, -0.15) is 0 Å². The largest absolute Gasteiger partial charge is 0.319 e. The maximum atomic E-state index is 13.1. The van der Waals surface area contributed by atoms with Crippen LogP contribution in [0.3, 0.4) is 0 Å². The van der Waals surface area contributed by atoms with Gasteiger partial charge in [-0.3, -0.25) is 0 Å². The lowest BCUT2D eigenvalue weighted by molar-refractivity contribution is 0.608. The van der Waals surface area contributed by atoms with Crippen molar-refractivity contribution in [3.05, 3.63) is 34.1 Å². The van der Waals surface area contributed by atoms with Gasteiger partial charge in [-0.15, -0.1) is 0 Å². The molecule has 3 heteroatoms. The first-order valence-corrected chi connectivity index (χ1v) is 5.04. The lowest BCUT2D eigenvalue weighted by Crippen LogP contribution is -2.15. The van der Waals surface area contributed by atoms with E-state index < -0.39 is 0 Å². The molecular weight excluding hydrogens is 233 g/mol. The fraction of sp³-hybridized carbons (Fsp3) is 0.400. The molecule has 0 amide bonds. The molecule has 0 aliphatic carbocycles. The van der Waals surface area contributed by atoms with Gasteiger partial charge in [-0.05, 0) is 40.5 Å². The highest BCUT2D eigenvalue weighted by Gasteiger charge is 2.10. The summed E-state index contributed by atoms with van der Waals surface area (Å²) >= 11 is 3.25. The van der Waals surface area contributed by atoms with Crippen LogP contribution in [0.2, 0.25) is 0 Å². The van der Waals surface area contributed by atoms with Crippen molar-refractivity contribution < 1.29 is 4.39 Å². The predicted molar refractivity (Wildman–Crippen MR) is 56.4 cm³/mol. The van der Waals surface area contributed by atoms with E-state index in [9.17, 15) is 4.39 Å². The lowest BCUT2D eigenvalue weighted by Gasteiger charge is -2.13. The molecule has 0 heterocycles. The van der Waals surface area contributed by atoms with Crippen molar-refractivity contribution in [1.82, 2.24) is 5.32 Å². The third kappa shape index (κ3) is 2.51. The zero-order chi connectivity index (χ0) is 9.84. The number of nitrogens with one attached hydrogen (secondary N) is 1. The molecule has 0 radical (unpaired) electrons. The average molecular weight is 246 g/mol. The van der Waals surface area contributed by atoms with Gasteiger partial charge >= 0.3 is 0 Å². The van der Waals surface area contributed by atoms with Gasteiger partial charge in [0.05, 0.1) is 4.47 Å². The summed E-state index contributed by atoms with van der Waals surface area (Å²) in [4.78, 5) is 0. The van der Waals surface area contributed by atoms with Gasteiger partial charge in [-0.1, -0.05) is 19.1 Å². The Morgan fingerprint density at radius 3 is 2.85 bits per heavy atom. The summed E-state index contributed by atoms with van der Waals surface area (Å²) in [6, 6.07) is 5.14. The van der Waals surface area contributed by atoms with Crippen molar-refractivity contribution in [2.24, 2.45) is 0 Å². The van der Waals surface area contributed by atoms with Crippen LogP contribution in [0.4, 0.5) is 4.39 Å². The molecule has 1 aromatic rings. The summed E-state index contributed by atoms with van der Waals surface area (Å²) in [5.74, 6) is 0.121. The Kier molecular flexibility index (Phi) is 3.88. The Hall–Kier alpha value is -0.410. The Balaban J connectivity index is 2.93. The quantitative estimate of drug-likeness (QED) is 0.864. The molecule has 0 saturated heterocycles. The fourth-order valence-corrected chi connectivity index (χ4v) is 1.97. The highest BCUT2D eigenvalue weighted by atomic mass is 79.9. The summed E-state index contributed by atoms with van der Waals surface area (Å²) in [6.45, 7) is 2.91. The van der Waals surface area contributed by atoms with Crippen LogP contribution in [0, 0.1) is 5.82 Å². The van der Waals surface area contributed by atoms with Crippen LogP contribution in [0.15, 0.2) is 22.7 Å². The van der Waals surface area contributed by atoms with Crippen molar-refractivity contribution in [2.75, 3.05) is 13.6 Å². The van der Waals surface area contributed by atoms with E-state index in [1.165, 1.54) is 6.07 Å². The van der Waals surface area contributed by atoms with Crippen molar-refractivity contribution in [1.29, 1.82) is 0 Å². The van der Waals surface area contributed by atoms with E-state index in [1.807, 2.05) is 13.1 Å². The molecule has 0 saturated carbocycles. The molecule has 1 rings (SSSR count). The molecule has 1 nitrogen and oxygen atoms in total. The van der Waals surface area contributed by atoms with Gasteiger partial charge in [0.2, 0.25) is 0 Å². The standard InChI is InChI=1S/C10H13BrFN/c1-7(6-13-2)8-4-3-5-9(12)10(8)11/h3-5,7,13H,6H2,1-2H3. The number of hydrogen-bond acceptors (Lipinski definition) is 1. The normalized spacial score (nSPS) is 12.9. The molecule has 0 aliphatic heterocycles. The highest BCUT2D eigenvalue weighted by Crippen LogP contribution is 2.26. The molecular formula is C10H13BrFN. The highest BCUT2D eigenvalue weighted by molar-refractivity contribution is 9.10. The minimum atomic E-state index is -0.194. The van der Waals surface area contributed by atoms with E-state index in [0.29, 0.717) is 10.4 Å². The molecule has 0 aromatic heterocycles. The zero-order valence-corrected chi connectivity index (χ0v) is 9.36. The molecule has 0 aliphatic rings. The molecule has 72 valence electrons. The Morgan fingerprint density at radius 1 is 1.54 bits per heavy atom. The summed E-state index contributed by atoms with van der Waals surface area (Å²) in [6.07, 6.45) is 0. The number of likely N-dealkylation sites (N-methyl/N-ethyl adjacent to an activating group) is 1. The van der Waals surface area contributed by atoms with Crippen LogP contribution < -0.4 is 5.32 Å². The predicted octanol–water partition coefficient (Wildman–Crippen LogP) is 2.91. The summed E-state index contributed by atoms with van der Waals surface area (Å²) in [7, 11) is 1.89. The summed E-state index contributed by atoms with van der Waals surface area (Å²) in [5, 5.41) is 3.07. The van der Waals surface area contributed by atoms with Crippen LogP contribution in [-0.4, -0.2) is 13.6 Å². The van der Waals surface area contributed by atoms with Crippen LogP contribution in [-0.2, 0) is 0 Å². The Bertz CT molecular complexity index is 288. The third-order valence-electron chi connectivity index (χ3n) is 2.02. The molecule has 0 bridgehead atoms. The van der Waals surface area contributed by atoms with Gasteiger partial charge in [0, 0.05) is 6.54 Å². The monoisotopic (exact) mass is 245 g/mol. The second kappa shape index (κ2) is 4.72. The number of rotatable bonds is 3. The van der Waals surface area contributed by atoms with Crippen LogP contribution in [0.1, 0.15) is 18.4 Å². The summed E-state index contributed by atoms with van der Waals surface area (Å²) < 4.78 is 13.7. The molecule has 13 heavy (non-hydrogen) atoms. The SMILES string of the molecule is CNCC(C)c1cccc(F)c1Br.